The third kappa shape index (κ3) is 5.17. The molecule has 23 heavy (non-hydrogen) atoms. The summed E-state index contributed by atoms with van der Waals surface area (Å²) < 4.78 is 5.96. The zero-order valence-electron chi connectivity index (χ0n) is 12.3. The summed E-state index contributed by atoms with van der Waals surface area (Å²) in [5.74, 6) is -1.12. The average molecular weight is 423 g/mol. The van der Waals surface area contributed by atoms with Gasteiger partial charge in [0.05, 0.1) is 5.56 Å². The lowest BCUT2D eigenvalue weighted by Crippen LogP contribution is -2.21. The summed E-state index contributed by atoms with van der Waals surface area (Å²) in [5, 5.41) is 2.58. The van der Waals surface area contributed by atoms with Crippen molar-refractivity contribution in [1.82, 2.24) is 0 Å². The van der Waals surface area contributed by atoms with Crippen molar-refractivity contribution < 1.29 is 19.1 Å². The van der Waals surface area contributed by atoms with Gasteiger partial charge in [-0.3, -0.25) is 9.59 Å². The highest BCUT2D eigenvalue weighted by Gasteiger charge is 2.10. The predicted octanol–water partition coefficient (Wildman–Crippen LogP) is 3.29. The van der Waals surface area contributed by atoms with Gasteiger partial charge in [0.2, 0.25) is 0 Å². The van der Waals surface area contributed by atoms with Crippen LogP contribution in [-0.2, 0) is 9.53 Å². The highest BCUT2D eigenvalue weighted by molar-refractivity contribution is 14.1. The van der Waals surface area contributed by atoms with Gasteiger partial charge in [0.25, 0.3) is 5.91 Å². The van der Waals surface area contributed by atoms with Crippen molar-refractivity contribution >= 4 is 45.9 Å². The summed E-state index contributed by atoms with van der Waals surface area (Å²) in [5.41, 5.74) is 1.36. The molecule has 6 heteroatoms. The topological polar surface area (TPSA) is 72.5 Å². The highest BCUT2D eigenvalue weighted by atomic mass is 127. The van der Waals surface area contributed by atoms with Gasteiger partial charge in [-0.25, -0.2) is 4.79 Å². The van der Waals surface area contributed by atoms with Crippen molar-refractivity contribution in [1.29, 1.82) is 0 Å². The Morgan fingerprint density at radius 1 is 1.04 bits per heavy atom. The molecule has 0 fully saturated rings. The van der Waals surface area contributed by atoms with Gasteiger partial charge in [0.15, 0.2) is 12.4 Å². The van der Waals surface area contributed by atoms with Crippen LogP contribution in [-0.4, -0.2) is 24.3 Å². The fraction of sp³-hybridized carbons (Fsp3) is 0.118. The van der Waals surface area contributed by atoms with E-state index in [1.54, 1.807) is 48.5 Å². The summed E-state index contributed by atoms with van der Waals surface area (Å²) in [6, 6.07) is 13.4. The first-order valence-electron chi connectivity index (χ1n) is 6.79. The molecule has 0 saturated heterocycles. The van der Waals surface area contributed by atoms with E-state index in [0.29, 0.717) is 16.8 Å². The average Bonchev–Trinajstić information content (AvgIpc) is 2.53. The lowest BCUT2D eigenvalue weighted by Gasteiger charge is -2.07. The van der Waals surface area contributed by atoms with E-state index in [9.17, 15) is 14.4 Å². The molecule has 0 bridgehead atoms. The van der Waals surface area contributed by atoms with Gasteiger partial charge in [0, 0.05) is 14.8 Å². The smallest absolute Gasteiger partial charge is 0.338 e. The van der Waals surface area contributed by atoms with Gasteiger partial charge in [0.1, 0.15) is 0 Å². The SMILES string of the molecule is CC(=O)c1cccc(NC(=O)COC(=O)c2ccc(I)cc2)c1. The van der Waals surface area contributed by atoms with Crippen LogP contribution in [0.4, 0.5) is 5.69 Å². The Balaban J connectivity index is 1.90. The summed E-state index contributed by atoms with van der Waals surface area (Å²) >= 11 is 2.13. The van der Waals surface area contributed by atoms with Crippen LogP contribution in [0.15, 0.2) is 48.5 Å². The lowest BCUT2D eigenvalue weighted by molar-refractivity contribution is -0.119. The van der Waals surface area contributed by atoms with Crippen LogP contribution >= 0.6 is 22.6 Å². The number of anilines is 1. The van der Waals surface area contributed by atoms with E-state index in [1.807, 2.05) is 0 Å². The van der Waals surface area contributed by atoms with E-state index >= 15 is 0 Å². The van der Waals surface area contributed by atoms with E-state index in [1.165, 1.54) is 6.92 Å². The Labute approximate surface area is 147 Å². The number of benzene rings is 2. The minimum atomic E-state index is -0.561. The Hall–Kier alpha value is -2.22. The van der Waals surface area contributed by atoms with Crippen molar-refractivity contribution in [2.75, 3.05) is 11.9 Å². The van der Waals surface area contributed by atoms with Crippen LogP contribution in [0.5, 0.6) is 0 Å². The molecule has 0 spiro atoms. The van der Waals surface area contributed by atoms with Crippen LogP contribution in [0, 0.1) is 3.57 Å². The van der Waals surface area contributed by atoms with Crippen LogP contribution in [0.3, 0.4) is 0 Å². The van der Waals surface area contributed by atoms with Gasteiger partial charge in [-0.05, 0) is 65.9 Å². The van der Waals surface area contributed by atoms with Crippen molar-refractivity contribution in [3.8, 4) is 0 Å². The normalized spacial score (nSPS) is 10.0. The van der Waals surface area contributed by atoms with Crippen LogP contribution < -0.4 is 5.32 Å². The van der Waals surface area contributed by atoms with Gasteiger partial charge >= 0.3 is 5.97 Å². The van der Waals surface area contributed by atoms with Gasteiger partial charge in [-0.1, -0.05) is 12.1 Å². The molecular weight excluding hydrogens is 409 g/mol. The fourth-order valence-corrected chi connectivity index (χ4v) is 2.17. The molecule has 0 aromatic heterocycles. The number of Topliss-reactive ketones (excluding diaryl/α,β-unsaturated/α-hetero) is 1. The number of hydrogen-bond acceptors (Lipinski definition) is 4. The van der Waals surface area contributed by atoms with E-state index in [2.05, 4.69) is 27.9 Å². The van der Waals surface area contributed by atoms with Gasteiger partial charge in [-0.15, -0.1) is 0 Å². The number of carbonyl (C=O) groups is 3. The second-order valence-corrected chi connectivity index (χ2v) is 6.01. The first-order valence-corrected chi connectivity index (χ1v) is 7.87. The number of hydrogen-bond donors (Lipinski definition) is 1. The maximum absolute atomic E-state index is 11.8. The minimum Gasteiger partial charge on any atom is -0.452 e. The first kappa shape index (κ1) is 17.1. The number of esters is 1. The second-order valence-electron chi connectivity index (χ2n) is 4.77. The third-order valence-electron chi connectivity index (χ3n) is 2.97. The molecular formula is C17H14INO4. The van der Waals surface area contributed by atoms with E-state index in [-0.39, 0.29) is 5.78 Å². The monoisotopic (exact) mass is 423 g/mol. The predicted molar refractivity (Wildman–Crippen MR) is 94.5 cm³/mol. The maximum Gasteiger partial charge on any atom is 0.338 e. The Kier molecular flexibility index (Phi) is 5.86. The Morgan fingerprint density at radius 2 is 1.74 bits per heavy atom. The first-order chi connectivity index (χ1) is 11.0. The zero-order valence-corrected chi connectivity index (χ0v) is 14.5. The van der Waals surface area contributed by atoms with Crippen molar-refractivity contribution in [2.45, 2.75) is 6.92 Å². The molecule has 0 aliphatic rings. The molecule has 0 aliphatic heterocycles. The summed E-state index contributed by atoms with van der Waals surface area (Å²) in [7, 11) is 0. The lowest BCUT2D eigenvalue weighted by atomic mass is 10.1. The fourth-order valence-electron chi connectivity index (χ4n) is 1.81. The number of nitrogens with one attached hydrogen (secondary N) is 1. The summed E-state index contributed by atoms with van der Waals surface area (Å²) in [6.45, 7) is 1.05. The van der Waals surface area contributed by atoms with Gasteiger partial charge < -0.3 is 10.1 Å². The molecule has 0 radical (unpaired) electrons. The molecule has 118 valence electrons. The molecule has 0 unspecified atom stereocenters. The number of amides is 1. The molecule has 2 rings (SSSR count). The molecule has 2 aromatic rings. The maximum atomic E-state index is 11.8. The molecule has 1 amide bonds. The minimum absolute atomic E-state index is 0.0914. The second kappa shape index (κ2) is 7.87. The zero-order chi connectivity index (χ0) is 16.8. The number of carbonyl (C=O) groups excluding carboxylic acids is 3. The number of halogens is 1. The van der Waals surface area contributed by atoms with Crippen molar-refractivity contribution in [3.63, 3.8) is 0 Å². The molecule has 0 aliphatic carbocycles. The molecule has 2 aromatic carbocycles. The molecule has 0 saturated carbocycles. The molecule has 5 nitrogen and oxygen atoms in total. The van der Waals surface area contributed by atoms with E-state index in [0.717, 1.165) is 3.57 Å². The number of ether oxygens (including phenoxy) is 1. The molecule has 0 atom stereocenters. The van der Waals surface area contributed by atoms with Gasteiger partial charge in [-0.2, -0.15) is 0 Å². The highest BCUT2D eigenvalue weighted by Crippen LogP contribution is 2.11. The Bertz CT molecular complexity index is 741. The summed E-state index contributed by atoms with van der Waals surface area (Å²) in [6.07, 6.45) is 0. The summed E-state index contributed by atoms with van der Waals surface area (Å²) in [4.78, 5) is 34.9. The largest absolute Gasteiger partial charge is 0.452 e. The van der Waals surface area contributed by atoms with Crippen LogP contribution in [0.25, 0.3) is 0 Å². The van der Waals surface area contributed by atoms with Crippen molar-refractivity contribution in [2.24, 2.45) is 0 Å². The van der Waals surface area contributed by atoms with Crippen LogP contribution in [0.1, 0.15) is 27.6 Å². The van der Waals surface area contributed by atoms with E-state index < -0.39 is 18.5 Å². The standard InChI is InChI=1S/C17H14INO4/c1-11(20)13-3-2-4-15(9-13)19-16(21)10-23-17(22)12-5-7-14(18)8-6-12/h2-9H,10H2,1H3,(H,19,21). The van der Waals surface area contributed by atoms with Crippen LogP contribution in [0.2, 0.25) is 0 Å². The quantitative estimate of drug-likeness (QED) is 0.455. The van der Waals surface area contributed by atoms with E-state index in [4.69, 9.17) is 4.74 Å². The Morgan fingerprint density at radius 3 is 2.39 bits per heavy atom. The molecule has 0 heterocycles. The molecule has 1 N–H and O–H groups in total. The van der Waals surface area contributed by atoms with Crippen molar-refractivity contribution in [3.05, 3.63) is 63.2 Å². The third-order valence-corrected chi connectivity index (χ3v) is 3.69. The number of rotatable bonds is 5. The number of ketones is 1.